The van der Waals surface area contributed by atoms with E-state index in [1.54, 1.807) is 0 Å². The summed E-state index contributed by atoms with van der Waals surface area (Å²) < 4.78 is 0. The van der Waals surface area contributed by atoms with Crippen LogP contribution in [0.5, 0.6) is 0 Å². The first-order chi connectivity index (χ1) is 9.15. The highest BCUT2D eigenvalue weighted by molar-refractivity contribution is 5.55. The first kappa shape index (κ1) is 16.7. The molecular weight excluding hydrogens is 248 g/mol. The molecule has 0 bridgehead atoms. The SMILES string of the molecule is CCC(C)CC(C)Nc1nc(C(C)(C)C)nc(N)c1C. The fourth-order valence-corrected chi connectivity index (χ4v) is 2.07. The lowest BCUT2D eigenvalue weighted by molar-refractivity contribution is 0.482. The molecule has 114 valence electrons. The van der Waals surface area contributed by atoms with Crippen molar-refractivity contribution in [2.45, 2.75) is 72.8 Å². The maximum Gasteiger partial charge on any atom is 0.138 e. The summed E-state index contributed by atoms with van der Waals surface area (Å²) in [7, 11) is 0. The quantitative estimate of drug-likeness (QED) is 0.857. The molecule has 0 spiro atoms. The van der Waals surface area contributed by atoms with Gasteiger partial charge in [-0.25, -0.2) is 9.97 Å². The molecule has 4 nitrogen and oxygen atoms in total. The lowest BCUT2D eigenvalue weighted by Gasteiger charge is -2.23. The number of nitrogens with two attached hydrogens (primary N) is 1. The molecule has 20 heavy (non-hydrogen) atoms. The molecule has 1 aromatic rings. The van der Waals surface area contributed by atoms with Gasteiger partial charge < -0.3 is 11.1 Å². The maximum atomic E-state index is 6.03. The second-order valence-corrected chi connectivity index (χ2v) is 6.95. The van der Waals surface area contributed by atoms with Gasteiger partial charge in [0.25, 0.3) is 0 Å². The summed E-state index contributed by atoms with van der Waals surface area (Å²) in [5.41, 5.74) is 6.87. The minimum absolute atomic E-state index is 0.0990. The van der Waals surface area contributed by atoms with E-state index in [0.29, 0.717) is 17.8 Å². The molecule has 0 amide bonds. The fraction of sp³-hybridized carbons (Fsp3) is 0.750. The molecule has 0 aliphatic carbocycles. The van der Waals surface area contributed by atoms with Gasteiger partial charge in [0.1, 0.15) is 17.5 Å². The third-order valence-electron chi connectivity index (χ3n) is 3.69. The van der Waals surface area contributed by atoms with Gasteiger partial charge in [-0.2, -0.15) is 0 Å². The van der Waals surface area contributed by atoms with E-state index in [-0.39, 0.29) is 5.41 Å². The Morgan fingerprint density at radius 3 is 2.30 bits per heavy atom. The Hall–Kier alpha value is -1.32. The van der Waals surface area contributed by atoms with Crippen LogP contribution in [0.15, 0.2) is 0 Å². The minimum Gasteiger partial charge on any atom is -0.383 e. The molecule has 0 fully saturated rings. The number of nitrogens with one attached hydrogen (secondary N) is 1. The predicted molar refractivity (Wildman–Crippen MR) is 87.0 cm³/mol. The van der Waals surface area contributed by atoms with Crippen LogP contribution in [0.25, 0.3) is 0 Å². The van der Waals surface area contributed by atoms with Crippen molar-refractivity contribution in [1.82, 2.24) is 9.97 Å². The molecule has 1 rings (SSSR count). The number of anilines is 2. The molecular formula is C16H30N4. The van der Waals surface area contributed by atoms with E-state index in [9.17, 15) is 0 Å². The van der Waals surface area contributed by atoms with Gasteiger partial charge in [-0.15, -0.1) is 0 Å². The van der Waals surface area contributed by atoms with E-state index in [0.717, 1.165) is 23.6 Å². The zero-order valence-electron chi connectivity index (χ0n) is 14.0. The molecule has 0 saturated heterocycles. The third-order valence-corrected chi connectivity index (χ3v) is 3.69. The molecule has 1 aromatic heterocycles. The van der Waals surface area contributed by atoms with Gasteiger partial charge in [0, 0.05) is 17.0 Å². The van der Waals surface area contributed by atoms with Crippen molar-refractivity contribution in [3.63, 3.8) is 0 Å². The predicted octanol–water partition coefficient (Wildman–Crippen LogP) is 3.90. The number of nitrogens with zero attached hydrogens (tertiary/aromatic N) is 2. The topological polar surface area (TPSA) is 63.8 Å². The van der Waals surface area contributed by atoms with E-state index >= 15 is 0 Å². The van der Waals surface area contributed by atoms with E-state index in [4.69, 9.17) is 5.73 Å². The van der Waals surface area contributed by atoms with Gasteiger partial charge in [0.15, 0.2) is 0 Å². The number of aromatic nitrogens is 2. The molecule has 0 aliphatic rings. The van der Waals surface area contributed by atoms with E-state index < -0.39 is 0 Å². The van der Waals surface area contributed by atoms with E-state index in [1.807, 2.05) is 6.92 Å². The number of hydrogen-bond donors (Lipinski definition) is 2. The van der Waals surface area contributed by atoms with Gasteiger partial charge in [-0.1, -0.05) is 41.0 Å². The highest BCUT2D eigenvalue weighted by atomic mass is 15.1. The molecule has 0 saturated carbocycles. The van der Waals surface area contributed by atoms with Crippen molar-refractivity contribution in [3.8, 4) is 0 Å². The molecule has 3 N–H and O–H groups in total. The first-order valence-corrected chi connectivity index (χ1v) is 7.56. The molecule has 1 heterocycles. The van der Waals surface area contributed by atoms with Crippen LogP contribution >= 0.6 is 0 Å². The third kappa shape index (κ3) is 4.36. The molecule has 0 aromatic carbocycles. The zero-order valence-corrected chi connectivity index (χ0v) is 14.0. The van der Waals surface area contributed by atoms with E-state index in [2.05, 4.69) is 56.8 Å². The Kier molecular flexibility index (Phi) is 5.37. The Labute approximate surface area is 123 Å². The van der Waals surface area contributed by atoms with Crippen LogP contribution in [0.2, 0.25) is 0 Å². The lowest BCUT2D eigenvalue weighted by Crippen LogP contribution is -2.23. The summed E-state index contributed by atoms with van der Waals surface area (Å²) in [6.07, 6.45) is 2.33. The van der Waals surface area contributed by atoms with Crippen LogP contribution in [0, 0.1) is 12.8 Å². The number of hydrogen-bond acceptors (Lipinski definition) is 4. The molecule has 0 aliphatic heterocycles. The Balaban J connectivity index is 2.97. The van der Waals surface area contributed by atoms with Crippen LogP contribution in [0.4, 0.5) is 11.6 Å². The highest BCUT2D eigenvalue weighted by Crippen LogP contribution is 2.25. The maximum absolute atomic E-state index is 6.03. The summed E-state index contributed by atoms with van der Waals surface area (Å²) in [5.74, 6) is 2.94. The van der Waals surface area contributed by atoms with Gasteiger partial charge in [-0.05, 0) is 26.2 Å². The van der Waals surface area contributed by atoms with Gasteiger partial charge in [0.2, 0.25) is 0 Å². The summed E-state index contributed by atoms with van der Waals surface area (Å²) in [5, 5.41) is 3.50. The number of rotatable bonds is 5. The minimum atomic E-state index is -0.0990. The van der Waals surface area contributed by atoms with Crippen molar-refractivity contribution in [2.24, 2.45) is 5.92 Å². The first-order valence-electron chi connectivity index (χ1n) is 7.56. The average Bonchev–Trinajstić information content (AvgIpc) is 2.33. The van der Waals surface area contributed by atoms with Gasteiger partial charge >= 0.3 is 0 Å². The molecule has 4 heteroatoms. The van der Waals surface area contributed by atoms with Crippen molar-refractivity contribution in [2.75, 3.05) is 11.1 Å². The second kappa shape index (κ2) is 6.42. The Morgan fingerprint density at radius 1 is 1.20 bits per heavy atom. The van der Waals surface area contributed by atoms with E-state index in [1.165, 1.54) is 6.42 Å². The standard InChI is InChI=1S/C16H30N4/c1-8-10(2)9-11(3)18-14-12(4)13(17)19-15(20-14)16(5,6)7/h10-11H,8-9H2,1-7H3,(H3,17,18,19,20). The van der Waals surface area contributed by atoms with Crippen LogP contribution < -0.4 is 11.1 Å². The Morgan fingerprint density at radius 2 is 1.80 bits per heavy atom. The van der Waals surface area contributed by atoms with Crippen LogP contribution in [0.3, 0.4) is 0 Å². The molecule has 2 unspecified atom stereocenters. The summed E-state index contributed by atoms with van der Waals surface area (Å²) >= 11 is 0. The monoisotopic (exact) mass is 278 g/mol. The second-order valence-electron chi connectivity index (χ2n) is 6.95. The lowest BCUT2D eigenvalue weighted by atomic mass is 9.95. The fourth-order valence-electron chi connectivity index (χ4n) is 2.07. The summed E-state index contributed by atoms with van der Waals surface area (Å²) in [6, 6.07) is 0.380. The largest absolute Gasteiger partial charge is 0.383 e. The smallest absolute Gasteiger partial charge is 0.138 e. The average molecular weight is 278 g/mol. The van der Waals surface area contributed by atoms with Crippen molar-refractivity contribution in [3.05, 3.63) is 11.4 Å². The normalized spacial score (nSPS) is 14.9. The van der Waals surface area contributed by atoms with Crippen molar-refractivity contribution < 1.29 is 0 Å². The van der Waals surface area contributed by atoms with Gasteiger partial charge in [0.05, 0.1) is 0 Å². The Bertz CT molecular complexity index is 449. The van der Waals surface area contributed by atoms with Crippen molar-refractivity contribution >= 4 is 11.6 Å². The summed E-state index contributed by atoms with van der Waals surface area (Å²) in [6.45, 7) is 15.0. The summed E-state index contributed by atoms with van der Waals surface area (Å²) in [4.78, 5) is 9.09. The van der Waals surface area contributed by atoms with Crippen LogP contribution in [-0.2, 0) is 5.41 Å². The highest BCUT2D eigenvalue weighted by Gasteiger charge is 2.21. The van der Waals surface area contributed by atoms with Gasteiger partial charge in [-0.3, -0.25) is 0 Å². The molecule has 0 radical (unpaired) electrons. The van der Waals surface area contributed by atoms with Crippen molar-refractivity contribution in [1.29, 1.82) is 0 Å². The zero-order chi connectivity index (χ0) is 15.5. The van der Waals surface area contributed by atoms with Crippen LogP contribution in [0.1, 0.15) is 65.8 Å². The van der Waals surface area contributed by atoms with Crippen LogP contribution in [-0.4, -0.2) is 16.0 Å². The molecule has 2 atom stereocenters. The number of nitrogen functional groups attached to an aromatic ring is 1.